The molecule has 1 aromatic rings. The number of hydrogen-bond acceptors (Lipinski definition) is 5. The smallest absolute Gasteiger partial charge is 0.311 e. The van der Waals surface area contributed by atoms with Crippen LogP contribution in [0.5, 0.6) is 0 Å². The van der Waals surface area contributed by atoms with E-state index in [0.29, 0.717) is 26.1 Å². The van der Waals surface area contributed by atoms with Crippen molar-refractivity contribution in [1.29, 1.82) is 0 Å². The molecule has 0 bridgehead atoms. The van der Waals surface area contributed by atoms with E-state index in [1.54, 1.807) is 0 Å². The molecule has 23 heavy (non-hydrogen) atoms. The van der Waals surface area contributed by atoms with Crippen molar-refractivity contribution in [3.8, 4) is 0 Å². The van der Waals surface area contributed by atoms with Crippen molar-refractivity contribution in [2.45, 2.75) is 45.2 Å². The standard InChI is InChI=1S/C18H24O5/c1-17(2)15(19)14(8-9-18(17)22-10-11-23-18)16(20)21-12-13-6-4-3-5-7-13/h3-7,14-15,19H,8-12H2,1-2H3/t14-,15+/m0/s1. The molecule has 1 aliphatic carbocycles. The topological polar surface area (TPSA) is 65.0 Å². The van der Waals surface area contributed by atoms with Gasteiger partial charge < -0.3 is 19.3 Å². The second kappa shape index (κ2) is 6.23. The van der Waals surface area contributed by atoms with Gasteiger partial charge in [-0.2, -0.15) is 0 Å². The maximum atomic E-state index is 12.4. The number of hydrogen-bond donors (Lipinski definition) is 1. The van der Waals surface area contributed by atoms with Crippen LogP contribution in [0.3, 0.4) is 0 Å². The molecule has 2 fully saturated rings. The molecular formula is C18H24O5. The number of aliphatic hydroxyl groups excluding tert-OH is 1. The lowest BCUT2D eigenvalue weighted by atomic mass is 9.65. The van der Waals surface area contributed by atoms with Gasteiger partial charge in [-0.15, -0.1) is 0 Å². The van der Waals surface area contributed by atoms with Gasteiger partial charge in [-0.1, -0.05) is 44.2 Å². The van der Waals surface area contributed by atoms with Crippen molar-refractivity contribution in [3.05, 3.63) is 35.9 Å². The van der Waals surface area contributed by atoms with E-state index in [9.17, 15) is 9.90 Å². The van der Waals surface area contributed by atoms with E-state index < -0.39 is 23.2 Å². The van der Waals surface area contributed by atoms with Gasteiger partial charge in [-0.25, -0.2) is 0 Å². The third-order valence-corrected chi connectivity index (χ3v) is 5.17. The zero-order valence-corrected chi connectivity index (χ0v) is 13.7. The largest absolute Gasteiger partial charge is 0.461 e. The van der Waals surface area contributed by atoms with Gasteiger partial charge in [-0.05, 0) is 12.0 Å². The van der Waals surface area contributed by atoms with Crippen molar-refractivity contribution < 1.29 is 24.1 Å². The molecule has 1 N–H and O–H groups in total. The summed E-state index contributed by atoms with van der Waals surface area (Å²) in [6.07, 6.45) is 0.220. The normalized spacial score (nSPS) is 28.7. The van der Waals surface area contributed by atoms with Crippen LogP contribution in [0.1, 0.15) is 32.3 Å². The molecule has 2 atom stereocenters. The predicted molar refractivity (Wildman–Crippen MR) is 83.4 cm³/mol. The first-order valence-electron chi connectivity index (χ1n) is 8.13. The zero-order chi connectivity index (χ0) is 16.5. The first kappa shape index (κ1) is 16.4. The first-order chi connectivity index (χ1) is 11.0. The van der Waals surface area contributed by atoms with E-state index >= 15 is 0 Å². The zero-order valence-electron chi connectivity index (χ0n) is 13.7. The Morgan fingerprint density at radius 2 is 1.91 bits per heavy atom. The fourth-order valence-corrected chi connectivity index (χ4v) is 3.61. The van der Waals surface area contributed by atoms with Gasteiger partial charge in [0.05, 0.1) is 25.2 Å². The quantitative estimate of drug-likeness (QED) is 0.866. The highest BCUT2D eigenvalue weighted by atomic mass is 16.7. The lowest BCUT2D eigenvalue weighted by Crippen LogP contribution is -2.59. The molecule has 1 aliphatic heterocycles. The molecular weight excluding hydrogens is 296 g/mol. The van der Waals surface area contributed by atoms with Crippen LogP contribution in [0, 0.1) is 11.3 Å². The van der Waals surface area contributed by atoms with Gasteiger partial charge in [-0.3, -0.25) is 4.79 Å². The number of ether oxygens (including phenoxy) is 3. The van der Waals surface area contributed by atoms with Crippen LogP contribution in [-0.2, 0) is 25.6 Å². The number of carbonyl (C=O) groups is 1. The summed E-state index contributed by atoms with van der Waals surface area (Å²) in [7, 11) is 0. The van der Waals surface area contributed by atoms with Crippen LogP contribution < -0.4 is 0 Å². The Hall–Kier alpha value is -1.43. The molecule has 0 aromatic heterocycles. The van der Waals surface area contributed by atoms with E-state index in [1.165, 1.54) is 0 Å². The number of aliphatic hydroxyl groups is 1. The van der Waals surface area contributed by atoms with Gasteiger partial charge in [0.1, 0.15) is 6.61 Å². The van der Waals surface area contributed by atoms with Gasteiger partial charge in [0.2, 0.25) is 0 Å². The fraction of sp³-hybridized carbons (Fsp3) is 0.611. The van der Waals surface area contributed by atoms with E-state index in [-0.39, 0.29) is 12.6 Å². The summed E-state index contributed by atoms with van der Waals surface area (Å²) in [6, 6.07) is 9.54. The van der Waals surface area contributed by atoms with E-state index in [1.807, 2.05) is 44.2 Å². The highest BCUT2D eigenvalue weighted by Crippen LogP contribution is 2.51. The molecule has 1 aromatic carbocycles. The molecule has 1 spiro atoms. The Kier molecular flexibility index (Phi) is 4.45. The molecule has 1 saturated carbocycles. The second-order valence-electron chi connectivity index (χ2n) is 6.85. The molecule has 0 unspecified atom stereocenters. The van der Waals surface area contributed by atoms with Crippen molar-refractivity contribution in [2.24, 2.45) is 11.3 Å². The van der Waals surface area contributed by atoms with Crippen molar-refractivity contribution in [3.63, 3.8) is 0 Å². The van der Waals surface area contributed by atoms with Crippen LogP contribution in [0.4, 0.5) is 0 Å². The van der Waals surface area contributed by atoms with Crippen molar-refractivity contribution in [1.82, 2.24) is 0 Å². The average molecular weight is 320 g/mol. The number of rotatable bonds is 3. The number of carbonyl (C=O) groups excluding carboxylic acids is 1. The average Bonchev–Trinajstić information content (AvgIpc) is 3.03. The summed E-state index contributed by atoms with van der Waals surface area (Å²) < 4.78 is 17.0. The summed E-state index contributed by atoms with van der Waals surface area (Å²) in [6.45, 7) is 5.05. The van der Waals surface area contributed by atoms with Gasteiger partial charge in [0.25, 0.3) is 0 Å². The minimum Gasteiger partial charge on any atom is -0.461 e. The lowest BCUT2D eigenvalue weighted by molar-refractivity contribution is -0.282. The maximum absolute atomic E-state index is 12.4. The molecule has 5 heteroatoms. The SMILES string of the molecule is CC1(C)[C@H](O)[C@@H](C(=O)OCc2ccccc2)CCC12OCCO2. The third kappa shape index (κ3) is 2.89. The van der Waals surface area contributed by atoms with Crippen molar-refractivity contribution >= 4 is 5.97 Å². The van der Waals surface area contributed by atoms with Gasteiger partial charge in [0, 0.05) is 11.8 Å². The van der Waals surface area contributed by atoms with Gasteiger partial charge >= 0.3 is 5.97 Å². The van der Waals surface area contributed by atoms with Crippen LogP contribution in [0.2, 0.25) is 0 Å². The van der Waals surface area contributed by atoms with Crippen LogP contribution in [0.25, 0.3) is 0 Å². The molecule has 0 radical (unpaired) electrons. The van der Waals surface area contributed by atoms with Gasteiger partial charge in [0.15, 0.2) is 5.79 Å². The summed E-state index contributed by atoms with van der Waals surface area (Å²) in [5.74, 6) is -1.70. The summed E-state index contributed by atoms with van der Waals surface area (Å²) in [5.41, 5.74) is 0.266. The van der Waals surface area contributed by atoms with Crippen LogP contribution >= 0.6 is 0 Å². The minimum absolute atomic E-state index is 0.224. The first-order valence-corrected chi connectivity index (χ1v) is 8.13. The molecule has 5 nitrogen and oxygen atoms in total. The number of esters is 1. The second-order valence-corrected chi connectivity index (χ2v) is 6.85. The molecule has 3 rings (SSSR count). The van der Waals surface area contributed by atoms with Crippen LogP contribution in [-0.4, -0.2) is 36.2 Å². The minimum atomic E-state index is -0.863. The maximum Gasteiger partial charge on any atom is 0.311 e. The predicted octanol–water partition coefficient (Wildman–Crippen LogP) is 2.27. The highest BCUT2D eigenvalue weighted by molar-refractivity contribution is 5.73. The highest BCUT2D eigenvalue weighted by Gasteiger charge is 2.60. The van der Waals surface area contributed by atoms with E-state index in [4.69, 9.17) is 14.2 Å². The molecule has 0 amide bonds. The summed E-state index contributed by atoms with van der Waals surface area (Å²) in [4.78, 5) is 12.4. The Balaban J connectivity index is 1.66. The van der Waals surface area contributed by atoms with E-state index in [2.05, 4.69) is 0 Å². The molecule has 126 valence electrons. The Morgan fingerprint density at radius 1 is 1.26 bits per heavy atom. The third-order valence-electron chi connectivity index (χ3n) is 5.17. The number of benzene rings is 1. The van der Waals surface area contributed by atoms with E-state index in [0.717, 1.165) is 5.56 Å². The van der Waals surface area contributed by atoms with Crippen molar-refractivity contribution in [2.75, 3.05) is 13.2 Å². The fourth-order valence-electron chi connectivity index (χ4n) is 3.61. The Bertz CT molecular complexity index is 548. The van der Waals surface area contributed by atoms with Crippen LogP contribution in [0.15, 0.2) is 30.3 Å². The molecule has 2 aliphatic rings. The molecule has 1 heterocycles. The Labute approximate surface area is 136 Å². The Morgan fingerprint density at radius 3 is 2.57 bits per heavy atom. The monoisotopic (exact) mass is 320 g/mol. The lowest BCUT2D eigenvalue weighted by Gasteiger charge is -2.50. The summed E-state index contributed by atoms with van der Waals surface area (Å²) >= 11 is 0. The molecule has 1 saturated heterocycles. The summed E-state index contributed by atoms with van der Waals surface area (Å²) in [5, 5.41) is 10.7.